The Kier molecular flexibility index (Phi) is 7.11. The van der Waals surface area contributed by atoms with Gasteiger partial charge in [-0.15, -0.1) is 0 Å². The summed E-state index contributed by atoms with van der Waals surface area (Å²) in [7, 11) is 0. The Hall–Kier alpha value is 0. The Morgan fingerprint density at radius 1 is 0.900 bits per heavy atom. The van der Waals surface area contributed by atoms with Crippen molar-refractivity contribution in [2.24, 2.45) is 5.92 Å². The van der Waals surface area contributed by atoms with E-state index in [0.29, 0.717) is 0 Å². The van der Waals surface area contributed by atoms with Crippen LogP contribution in [-0.4, -0.2) is 0 Å². The Morgan fingerprint density at radius 2 is 1.30 bits per heavy atom. The third-order valence-corrected chi connectivity index (χ3v) is 2.14. The molecule has 1 aliphatic carbocycles. The van der Waals surface area contributed by atoms with Crippen molar-refractivity contribution in [3.63, 3.8) is 0 Å². The molecule has 0 heteroatoms. The van der Waals surface area contributed by atoms with Gasteiger partial charge in [-0.3, -0.25) is 0 Å². The molecule has 1 rings (SSSR count). The molecule has 0 radical (unpaired) electrons. The van der Waals surface area contributed by atoms with Crippen LogP contribution in [0.15, 0.2) is 0 Å². The zero-order valence-corrected chi connectivity index (χ0v) is 7.82. The molecule has 0 bridgehead atoms. The lowest BCUT2D eigenvalue weighted by Crippen LogP contribution is -1.88. The smallest absolute Gasteiger partial charge is 0 e. The molecule has 1 saturated carbocycles. The predicted octanol–water partition coefficient (Wildman–Crippen LogP) is 4.25. The molecule has 0 nitrogen and oxygen atoms in total. The molecule has 0 saturated heterocycles. The minimum Gasteiger partial charge on any atom is -0.0683 e. The van der Waals surface area contributed by atoms with E-state index >= 15 is 0 Å². The van der Waals surface area contributed by atoms with E-state index in [4.69, 9.17) is 0 Å². The molecule has 0 aromatic rings. The molecular formula is C10H24. The van der Waals surface area contributed by atoms with Crippen LogP contribution in [0.25, 0.3) is 0 Å². The zero-order chi connectivity index (χ0) is 7.82. The molecule has 64 valence electrons. The Balaban J connectivity index is 0. The van der Waals surface area contributed by atoms with Crippen LogP contribution in [0.4, 0.5) is 0 Å². The molecule has 0 unspecified atom stereocenters. The SMILES string of the molecule is CC.CC1CCCCCC1.[HH]. The van der Waals surface area contributed by atoms with E-state index in [1.54, 1.807) is 0 Å². The number of hydrogen-bond acceptors (Lipinski definition) is 0. The first kappa shape index (κ1) is 10.0. The van der Waals surface area contributed by atoms with E-state index < -0.39 is 0 Å². The van der Waals surface area contributed by atoms with Gasteiger partial charge in [0, 0.05) is 1.43 Å². The molecule has 0 spiro atoms. The van der Waals surface area contributed by atoms with Crippen LogP contribution < -0.4 is 0 Å². The van der Waals surface area contributed by atoms with Gasteiger partial charge < -0.3 is 0 Å². The summed E-state index contributed by atoms with van der Waals surface area (Å²) in [4.78, 5) is 0. The van der Waals surface area contributed by atoms with Gasteiger partial charge in [0.2, 0.25) is 0 Å². The molecule has 0 aliphatic heterocycles. The van der Waals surface area contributed by atoms with Crippen molar-refractivity contribution in [3.05, 3.63) is 0 Å². The van der Waals surface area contributed by atoms with Crippen molar-refractivity contribution < 1.29 is 1.43 Å². The maximum atomic E-state index is 2.38. The van der Waals surface area contributed by atoms with Crippen LogP contribution in [0.3, 0.4) is 0 Å². The fourth-order valence-electron chi connectivity index (χ4n) is 1.48. The van der Waals surface area contributed by atoms with Crippen LogP contribution >= 0.6 is 0 Å². The first-order valence-corrected chi connectivity index (χ1v) is 4.89. The highest BCUT2D eigenvalue weighted by molar-refractivity contribution is 4.58. The van der Waals surface area contributed by atoms with Gasteiger partial charge in [-0.1, -0.05) is 59.3 Å². The quantitative estimate of drug-likeness (QED) is 0.446. The molecule has 0 aromatic carbocycles. The van der Waals surface area contributed by atoms with Gasteiger partial charge in [0.25, 0.3) is 0 Å². The van der Waals surface area contributed by atoms with Crippen LogP contribution in [0, 0.1) is 5.92 Å². The van der Waals surface area contributed by atoms with Gasteiger partial charge in [0.05, 0.1) is 0 Å². The minimum atomic E-state index is 0. The van der Waals surface area contributed by atoms with Crippen molar-refractivity contribution >= 4 is 0 Å². The lowest BCUT2D eigenvalue weighted by Gasteiger charge is -2.02. The fourth-order valence-corrected chi connectivity index (χ4v) is 1.48. The topological polar surface area (TPSA) is 0 Å². The van der Waals surface area contributed by atoms with E-state index in [0.717, 1.165) is 5.92 Å². The molecule has 0 aromatic heterocycles. The molecular weight excluding hydrogens is 120 g/mol. The summed E-state index contributed by atoms with van der Waals surface area (Å²) in [5.41, 5.74) is 0. The molecule has 1 fully saturated rings. The van der Waals surface area contributed by atoms with Crippen molar-refractivity contribution in [1.29, 1.82) is 0 Å². The summed E-state index contributed by atoms with van der Waals surface area (Å²) in [5.74, 6) is 1.03. The second kappa shape index (κ2) is 7.11. The van der Waals surface area contributed by atoms with Crippen LogP contribution in [-0.2, 0) is 0 Å². The summed E-state index contributed by atoms with van der Waals surface area (Å²) in [5, 5.41) is 0. The van der Waals surface area contributed by atoms with E-state index in [2.05, 4.69) is 6.92 Å². The summed E-state index contributed by atoms with van der Waals surface area (Å²) in [6, 6.07) is 0. The van der Waals surface area contributed by atoms with Crippen molar-refractivity contribution in [3.8, 4) is 0 Å². The van der Waals surface area contributed by atoms with Gasteiger partial charge in [-0.25, -0.2) is 0 Å². The predicted molar refractivity (Wildman–Crippen MR) is 50.3 cm³/mol. The van der Waals surface area contributed by atoms with Gasteiger partial charge in [0.15, 0.2) is 0 Å². The first-order chi connectivity index (χ1) is 4.89. The minimum absolute atomic E-state index is 0. The second-order valence-electron chi connectivity index (χ2n) is 3.10. The van der Waals surface area contributed by atoms with E-state index in [9.17, 15) is 0 Å². The zero-order valence-electron chi connectivity index (χ0n) is 7.82. The molecule has 1 aliphatic rings. The summed E-state index contributed by atoms with van der Waals surface area (Å²) < 4.78 is 0. The normalized spacial score (nSPS) is 20.7. The third-order valence-electron chi connectivity index (χ3n) is 2.14. The van der Waals surface area contributed by atoms with Gasteiger partial charge >= 0.3 is 0 Å². The van der Waals surface area contributed by atoms with Crippen LogP contribution in [0.1, 0.15) is 60.7 Å². The Bertz CT molecular complexity index is 53.9. The highest BCUT2D eigenvalue weighted by atomic mass is 14.1. The summed E-state index contributed by atoms with van der Waals surface area (Å²) in [6.45, 7) is 6.38. The Labute approximate surface area is 67.5 Å². The van der Waals surface area contributed by atoms with Crippen molar-refractivity contribution in [1.82, 2.24) is 0 Å². The largest absolute Gasteiger partial charge is 0.0683 e. The monoisotopic (exact) mass is 144 g/mol. The lowest BCUT2D eigenvalue weighted by atomic mass is 10.0. The molecule has 0 amide bonds. The standard InChI is InChI=1S/C8H16.C2H6.H2/c1-8-6-4-2-3-5-7-8;1-2;/h8H,2-7H2,1H3;1-2H3;1H. The van der Waals surface area contributed by atoms with E-state index in [1.165, 1.54) is 38.5 Å². The number of hydrogen-bond donors (Lipinski definition) is 0. The van der Waals surface area contributed by atoms with E-state index in [-0.39, 0.29) is 1.43 Å². The molecule has 10 heavy (non-hydrogen) atoms. The van der Waals surface area contributed by atoms with E-state index in [1.807, 2.05) is 13.8 Å². The first-order valence-electron chi connectivity index (χ1n) is 4.89. The van der Waals surface area contributed by atoms with Crippen LogP contribution in [0.2, 0.25) is 0 Å². The average molecular weight is 144 g/mol. The van der Waals surface area contributed by atoms with Gasteiger partial charge in [0.1, 0.15) is 0 Å². The van der Waals surface area contributed by atoms with Crippen molar-refractivity contribution in [2.75, 3.05) is 0 Å². The average Bonchev–Trinajstić information content (AvgIpc) is 2.21. The van der Waals surface area contributed by atoms with Gasteiger partial charge in [-0.2, -0.15) is 0 Å². The van der Waals surface area contributed by atoms with Crippen LogP contribution in [0.5, 0.6) is 0 Å². The summed E-state index contributed by atoms with van der Waals surface area (Å²) >= 11 is 0. The highest BCUT2D eigenvalue weighted by Gasteiger charge is 2.04. The lowest BCUT2D eigenvalue weighted by molar-refractivity contribution is 0.505. The van der Waals surface area contributed by atoms with Gasteiger partial charge in [-0.05, 0) is 5.92 Å². The number of rotatable bonds is 0. The summed E-state index contributed by atoms with van der Waals surface area (Å²) in [6.07, 6.45) is 8.93. The third kappa shape index (κ3) is 4.84. The molecule has 0 heterocycles. The highest BCUT2D eigenvalue weighted by Crippen LogP contribution is 2.21. The molecule has 0 atom stereocenters. The fraction of sp³-hybridized carbons (Fsp3) is 1.00. The maximum absolute atomic E-state index is 2.38. The Morgan fingerprint density at radius 3 is 1.70 bits per heavy atom. The van der Waals surface area contributed by atoms with Crippen molar-refractivity contribution in [2.45, 2.75) is 59.3 Å². The molecule has 0 N–H and O–H groups in total. The second-order valence-corrected chi connectivity index (χ2v) is 3.10. The maximum Gasteiger partial charge on any atom is 0 e.